The summed E-state index contributed by atoms with van der Waals surface area (Å²) in [6, 6.07) is 13.9. The second-order valence-corrected chi connectivity index (χ2v) is 5.72. The normalized spacial score (nSPS) is 12.8. The summed E-state index contributed by atoms with van der Waals surface area (Å²) in [5, 5.41) is 6.08. The standard InChI is InChI=1S/C16H21NS/c1-12-4-5-14-11-15(7-6-13(14)10-12)16(17-2)8-9-18-3/h4-7,10-11,16-17H,8-9H2,1-3H3. The van der Waals surface area contributed by atoms with Crippen molar-refractivity contribution in [2.45, 2.75) is 19.4 Å². The minimum atomic E-state index is 0.461. The van der Waals surface area contributed by atoms with E-state index in [1.165, 1.54) is 34.1 Å². The van der Waals surface area contributed by atoms with Gasteiger partial charge in [0.05, 0.1) is 0 Å². The molecule has 96 valence electrons. The molecule has 1 nitrogen and oxygen atoms in total. The van der Waals surface area contributed by atoms with Gasteiger partial charge in [-0.05, 0) is 54.8 Å². The molecular weight excluding hydrogens is 238 g/mol. The van der Waals surface area contributed by atoms with E-state index in [0.717, 1.165) is 0 Å². The number of hydrogen-bond acceptors (Lipinski definition) is 2. The molecular formula is C16H21NS. The van der Waals surface area contributed by atoms with E-state index < -0.39 is 0 Å². The Morgan fingerprint density at radius 3 is 2.56 bits per heavy atom. The molecule has 0 aliphatic rings. The number of fused-ring (bicyclic) bond motifs is 1. The number of hydrogen-bond donors (Lipinski definition) is 1. The maximum Gasteiger partial charge on any atom is 0.0325 e. The van der Waals surface area contributed by atoms with Crippen molar-refractivity contribution in [2.24, 2.45) is 0 Å². The maximum absolute atomic E-state index is 3.42. The first kappa shape index (κ1) is 13.4. The highest BCUT2D eigenvalue weighted by atomic mass is 32.2. The Labute approximate surface area is 114 Å². The molecule has 2 aromatic rings. The zero-order valence-electron chi connectivity index (χ0n) is 11.4. The van der Waals surface area contributed by atoms with Crippen molar-refractivity contribution in [1.82, 2.24) is 5.32 Å². The van der Waals surface area contributed by atoms with Gasteiger partial charge in [0.1, 0.15) is 0 Å². The fraction of sp³-hybridized carbons (Fsp3) is 0.375. The van der Waals surface area contributed by atoms with Crippen molar-refractivity contribution in [3.8, 4) is 0 Å². The Morgan fingerprint density at radius 2 is 1.83 bits per heavy atom. The Morgan fingerprint density at radius 1 is 1.11 bits per heavy atom. The largest absolute Gasteiger partial charge is 0.313 e. The molecule has 2 aromatic carbocycles. The third-order valence-electron chi connectivity index (χ3n) is 3.38. The molecule has 0 amide bonds. The number of nitrogens with one attached hydrogen (secondary N) is 1. The summed E-state index contributed by atoms with van der Waals surface area (Å²) in [5.41, 5.74) is 2.71. The third-order valence-corrected chi connectivity index (χ3v) is 4.03. The lowest BCUT2D eigenvalue weighted by atomic mass is 9.99. The Bertz CT molecular complexity index is 521. The lowest BCUT2D eigenvalue weighted by molar-refractivity contribution is 0.582. The quantitative estimate of drug-likeness (QED) is 0.865. The molecule has 0 aliphatic carbocycles. The van der Waals surface area contributed by atoms with Crippen LogP contribution in [-0.2, 0) is 0 Å². The van der Waals surface area contributed by atoms with Gasteiger partial charge in [0, 0.05) is 6.04 Å². The van der Waals surface area contributed by atoms with Crippen LogP contribution < -0.4 is 5.32 Å². The molecule has 0 radical (unpaired) electrons. The summed E-state index contributed by atoms with van der Waals surface area (Å²) in [7, 11) is 2.05. The number of thioether (sulfide) groups is 1. The molecule has 1 atom stereocenters. The predicted octanol–water partition coefficient (Wildman–Crippen LogP) is 4.16. The average Bonchev–Trinajstić information content (AvgIpc) is 2.39. The van der Waals surface area contributed by atoms with E-state index in [0.29, 0.717) is 6.04 Å². The Balaban J connectivity index is 2.30. The van der Waals surface area contributed by atoms with E-state index in [4.69, 9.17) is 0 Å². The molecule has 0 spiro atoms. The molecule has 0 aliphatic heterocycles. The van der Waals surface area contributed by atoms with Crippen molar-refractivity contribution in [3.05, 3.63) is 47.5 Å². The minimum Gasteiger partial charge on any atom is -0.313 e. The molecule has 0 saturated heterocycles. The van der Waals surface area contributed by atoms with Gasteiger partial charge in [0.2, 0.25) is 0 Å². The highest BCUT2D eigenvalue weighted by molar-refractivity contribution is 7.98. The van der Waals surface area contributed by atoms with E-state index in [9.17, 15) is 0 Å². The van der Waals surface area contributed by atoms with Crippen LogP contribution in [0.3, 0.4) is 0 Å². The van der Waals surface area contributed by atoms with Crippen LogP contribution in [0.5, 0.6) is 0 Å². The van der Waals surface area contributed by atoms with Crippen molar-refractivity contribution in [3.63, 3.8) is 0 Å². The number of rotatable bonds is 5. The van der Waals surface area contributed by atoms with Crippen LogP contribution in [0.25, 0.3) is 10.8 Å². The number of aryl methyl sites for hydroxylation is 1. The summed E-state index contributed by atoms with van der Waals surface area (Å²) >= 11 is 1.91. The SMILES string of the molecule is CNC(CCSC)c1ccc2cc(C)ccc2c1. The van der Waals surface area contributed by atoms with Crippen LogP contribution >= 0.6 is 11.8 Å². The lowest BCUT2D eigenvalue weighted by Gasteiger charge is -2.16. The molecule has 0 saturated carbocycles. The topological polar surface area (TPSA) is 12.0 Å². The molecule has 2 heteroatoms. The van der Waals surface area contributed by atoms with Crippen LogP contribution in [-0.4, -0.2) is 19.1 Å². The summed E-state index contributed by atoms with van der Waals surface area (Å²) in [6.07, 6.45) is 3.34. The fourth-order valence-electron chi connectivity index (χ4n) is 2.31. The van der Waals surface area contributed by atoms with E-state index in [1.807, 2.05) is 18.8 Å². The fourth-order valence-corrected chi connectivity index (χ4v) is 2.79. The average molecular weight is 259 g/mol. The van der Waals surface area contributed by atoms with Crippen LogP contribution in [0, 0.1) is 6.92 Å². The summed E-state index contributed by atoms with van der Waals surface area (Å²) in [4.78, 5) is 0. The van der Waals surface area contributed by atoms with Crippen LogP contribution in [0.2, 0.25) is 0 Å². The Hall–Kier alpha value is -0.990. The first-order valence-electron chi connectivity index (χ1n) is 6.41. The molecule has 2 rings (SSSR count). The summed E-state index contributed by atoms with van der Waals surface area (Å²) in [6.45, 7) is 2.14. The molecule has 0 aromatic heterocycles. The van der Waals surface area contributed by atoms with Gasteiger partial charge in [0.15, 0.2) is 0 Å². The minimum absolute atomic E-state index is 0.461. The molecule has 1 N–H and O–H groups in total. The lowest BCUT2D eigenvalue weighted by Crippen LogP contribution is -2.16. The van der Waals surface area contributed by atoms with Crippen molar-refractivity contribution < 1.29 is 0 Å². The number of benzene rings is 2. The predicted molar refractivity (Wildman–Crippen MR) is 83.5 cm³/mol. The maximum atomic E-state index is 3.42. The molecule has 0 fully saturated rings. The van der Waals surface area contributed by atoms with Crippen molar-refractivity contribution >= 4 is 22.5 Å². The smallest absolute Gasteiger partial charge is 0.0325 e. The van der Waals surface area contributed by atoms with Gasteiger partial charge in [-0.25, -0.2) is 0 Å². The summed E-state index contributed by atoms with van der Waals surface area (Å²) in [5.74, 6) is 1.19. The van der Waals surface area contributed by atoms with Gasteiger partial charge >= 0.3 is 0 Å². The highest BCUT2D eigenvalue weighted by Gasteiger charge is 2.09. The van der Waals surface area contributed by atoms with Crippen LogP contribution in [0.1, 0.15) is 23.6 Å². The highest BCUT2D eigenvalue weighted by Crippen LogP contribution is 2.24. The van der Waals surface area contributed by atoms with Gasteiger partial charge in [-0.15, -0.1) is 0 Å². The second-order valence-electron chi connectivity index (χ2n) is 4.73. The molecule has 18 heavy (non-hydrogen) atoms. The molecule has 1 unspecified atom stereocenters. The van der Waals surface area contributed by atoms with E-state index in [1.54, 1.807) is 0 Å². The monoisotopic (exact) mass is 259 g/mol. The first-order valence-corrected chi connectivity index (χ1v) is 7.80. The van der Waals surface area contributed by atoms with Crippen molar-refractivity contribution in [1.29, 1.82) is 0 Å². The van der Waals surface area contributed by atoms with Gasteiger partial charge in [-0.1, -0.05) is 35.9 Å². The zero-order chi connectivity index (χ0) is 13.0. The molecule has 0 bridgehead atoms. The molecule has 0 heterocycles. The van der Waals surface area contributed by atoms with Gasteiger partial charge in [-0.2, -0.15) is 11.8 Å². The van der Waals surface area contributed by atoms with E-state index in [2.05, 4.69) is 54.9 Å². The Kier molecular flexibility index (Phi) is 4.67. The van der Waals surface area contributed by atoms with E-state index in [-0.39, 0.29) is 0 Å². The third kappa shape index (κ3) is 3.06. The van der Waals surface area contributed by atoms with Crippen molar-refractivity contribution in [2.75, 3.05) is 19.1 Å². The van der Waals surface area contributed by atoms with Gasteiger partial charge < -0.3 is 5.32 Å². The first-order chi connectivity index (χ1) is 8.74. The second kappa shape index (κ2) is 6.26. The summed E-state index contributed by atoms with van der Waals surface area (Å²) < 4.78 is 0. The van der Waals surface area contributed by atoms with Crippen LogP contribution in [0.15, 0.2) is 36.4 Å². The van der Waals surface area contributed by atoms with Gasteiger partial charge in [-0.3, -0.25) is 0 Å². The van der Waals surface area contributed by atoms with Gasteiger partial charge in [0.25, 0.3) is 0 Å². The zero-order valence-corrected chi connectivity index (χ0v) is 12.2. The van der Waals surface area contributed by atoms with E-state index >= 15 is 0 Å². The van der Waals surface area contributed by atoms with Crippen LogP contribution in [0.4, 0.5) is 0 Å².